The molecule has 3 rings (SSSR count). The highest BCUT2D eigenvalue weighted by Crippen LogP contribution is 2.19. The second-order valence-corrected chi connectivity index (χ2v) is 5.35. The van der Waals surface area contributed by atoms with Gasteiger partial charge in [-0.15, -0.1) is 12.4 Å². The minimum Gasteiger partial charge on any atom is -0.337 e. The molecule has 6 heteroatoms. The van der Waals surface area contributed by atoms with Gasteiger partial charge < -0.3 is 10.2 Å². The number of nitrogens with zero attached hydrogens (tertiary/aromatic N) is 3. The van der Waals surface area contributed by atoms with Gasteiger partial charge in [0.05, 0.1) is 11.3 Å². The summed E-state index contributed by atoms with van der Waals surface area (Å²) in [6, 6.07) is 9.89. The highest BCUT2D eigenvalue weighted by molar-refractivity contribution is 5.97. The predicted octanol–water partition coefficient (Wildman–Crippen LogP) is 2.12. The zero-order chi connectivity index (χ0) is 14.7. The van der Waals surface area contributed by atoms with E-state index in [0.717, 1.165) is 31.6 Å². The number of hydrogen-bond donors (Lipinski definition) is 1. The van der Waals surface area contributed by atoms with Gasteiger partial charge in [-0.2, -0.15) is 5.10 Å². The maximum atomic E-state index is 12.8. The molecule has 0 bridgehead atoms. The largest absolute Gasteiger partial charge is 0.337 e. The summed E-state index contributed by atoms with van der Waals surface area (Å²) >= 11 is 0. The van der Waals surface area contributed by atoms with Crippen LogP contribution in [0.25, 0.3) is 5.69 Å². The van der Waals surface area contributed by atoms with E-state index in [-0.39, 0.29) is 18.3 Å². The molecule has 0 aliphatic carbocycles. The van der Waals surface area contributed by atoms with Crippen molar-refractivity contribution in [1.82, 2.24) is 20.0 Å². The van der Waals surface area contributed by atoms with E-state index in [2.05, 4.69) is 10.4 Å². The molecule has 1 unspecified atom stereocenters. The summed E-state index contributed by atoms with van der Waals surface area (Å²) < 4.78 is 1.74. The monoisotopic (exact) mass is 320 g/mol. The quantitative estimate of drug-likeness (QED) is 0.942. The summed E-state index contributed by atoms with van der Waals surface area (Å²) in [5.41, 5.74) is 1.54. The van der Waals surface area contributed by atoms with E-state index in [1.165, 1.54) is 0 Å². The smallest absolute Gasteiger partial charge is 0.256 e. The maximum Gasteiger partial charge on any atom is 0.256 e. The number of carbonyl (C=O) groups is 1. The molecule has 1 aromatic heterocycles. The Balaban J connectivity index is 0.00000176. The van der Waals surface area contributed by atoms with E-state index in [4.69, 9.17) is 0 Å². The lowest BCUT2D eigenvalue weighted by atomic mass is 10.0. The fourth-order valence-corrected chi connectivity index (χ4v) is 2.83. The highest BCUT2D eigenvalue weighted by atomic mass is 35.5. The van der Waals surface area contributed by atoms with Gasteiger partial charge in [0.25, 0.3) is 5.91 Å². The molecular weight excluding hydrogens is 300 g/mol. The zero-order valence-electron chi connectivity index (χ0n) is 12.6. The van der Waals surface area contributed by atoms with Crippen molar-refractivity contribution in [2.45, 2.75) is 18.9 Å². The number of likely N-dealkylation sites (tertiary alicyclic amines) is 1. The number of hydrogen-bond acceptors (Lipinski definition) is 3. The molecule has 1 fully saturated rings. The van der Waals surface area contributed by atoms with Gasteiger partial charge in [-0.1, -0.05) is 12.1 Å². The second kappa shape index (κ2) is 7.42. The van der Waals surface area contributed by atoms with Gasteiger partial charge >= 0.3 is 0 Å². The molecule has 0 saturated carbocycles. The summed E-state index contributed by atoms with van der Waals surface area (Å²) in [7, 11) is 1.95. The van der Waals surface area contributed by atoms with Crippen LogP contribution in [0.4, 0.5) is 0 Å². The number of amides is 1. The normalized spacial score (nSPS) is 17.9. The number of carbonyl (C=O) groups excluding carboxylic acids is 1. The van der Waals surface area contributed by atoms with Gasteiger partial charge in [0.1, 0.15) is 0 Å². The van der Waals surface area contributed by atoms with E-state index in [1.54, 1.807) is 10.9 Å². The molecule has 1 aromatic carbocycles. The number of benzene rings is 1. The van der Waals surface area contributed by atoms with Crippen molar-refractivity contribution in [3.63, 3.8) is 0 Å². The minimum atomic E-state index is 0. The third kappa shape index (κ3) is 3.31. The number of halogens is 1. The summed E-state index contributed by atoms with van der Waals surface area (Å²) in [5, 5.41) is 7.51. The predicted molar refractivity (Wildman–Crippen MR) is 88.8 cm³/mol. The Bertz CT molecular complexity index is 614. The standard InChI is InChI=1S/C16H20N4O.ClH/c1-17-13-6-4-10-19(12-13)16(21)14-7-2-3-8-15(14)20-11-5-9-18-20;/h2-3,5,7-9,11,13,17H,4,6,10,12H2,1H3;1H. The molecule has 22 heavy (non-hydrogen) atoms. The Morgan fingerprint density at radius 2 is 2.14 bits per heavy atom. The third-order valence-electron chi connectivity index (χ3n) is 4.00. The Morgan fingerprint density at radius 1 is 1.32 bits per heavy atom. The molecular formula is C16H21ClN4O. The molecule has 2 heterocycles. The van der Waals surface area contributed by atoms with Crippen LogP contribution in [-0.4, -0.2) is 46.8 Å². The first-order valence-corrected chi connectivity index (χ1v) is 7.35. The van der Waals surface area contributed by atoms with Crippen LogP contribution in [0.2, 0.25) is 0 Å². The average molecular weight is 321 g/mol. The Kier molecular flexibility index (Phi) is 5.57. The number of rotatable bonds is 3. The summed E-state index contributed by atoms with van der Waals surface area (Å²) in [6.45, 7) is 1.59. The summed E-state index contributed by atoms with van der Waals surface area (Å²) in [6.07, 6.45) is 5.75. The van der Waals surface area contributed by atoms with Gasteiger partial charge in [-0.3, -0.25) is 4.79 Å². The van der Waals surface area contributed by atoms with Crippen molar-refractivity contribution in [1.29, 1.82) is 0 Å². The van der Waals surface area contributed by atoms with Crippen LogP contribution in [-0.2, 0) is 0 Å². The molecule has 1 atom stereocenters. The summed E-state index contributed by atoms with van der Waals surface area (Å²) in [5.74, 6) is 0.0843. The molecule has 0 radical (unpaired) electrons. The first-order chi connectivity index (χ1) is 10.3. The molecule has 5 nitrogen and oxygen atoms in total. The van der Waals surface area contributed by atoms with Gasteiger partial charge in [0.15, 0.2) is 0 Å². The Labute approximate surface area is 136 Å². The van der Waals surface area contributed by atoms with Crippen LogP contribution >= 0.6 is 12.4 Å². The summed E-state index contributed by atoms with van der Waals surface area (Å²) in [4.78, 5) is 14.8. The first-order valence-electron chi connectivity index (χ1n) is 7.35. The van der Waals surface area contributed by atoms with Gasteiger partial charge in [0, 0.05) is 31.5 Å². The zero-order valence-corrected chi connectivity index (χ0v) is 13.4. The molecule has 1 amide bonds. The Morgan fingerprint density at radius 3 is 2.86 bits per heavy atom. The minimum absolute atomic E-state index is 0. The van der Waals surface area contributed by atoms with Gasteiger partial charge in [0.2, 0.25) is 0 Å². The Hall–Kier alpha value is -1.85. The van der Waals surface area contributed by atoms with Crippen molar-refractivity contribution in [2.75, 3.05) is 20.1 Å². The molecule has 1 saturated heterocycles. The fraction of sp³-hybridized carbons (Fsp3) is 0.375. The van der Waals surface area contributed by atoms with Crippen molar-refractivity contribution in [2.24, 2.45) is 0 Å². The lowest BCUT2D eigenvalue weighted by Gasteiger charge is -2.33. The molecule has 0 spiro atoms. The second-order valence-electron chi connectivity index (χ2n) is 5.35. The topological polar surface area (TPSA) is 50.2 Å². The molecule has 118 valence electrons. The van der Waals surface area contributed by atoms with E-state index < -0.39 is 0 Å². The number of likely N-dealkylation sites (N-methyl/N-ethyl adjacent to an activating group) is 1. The van der Waals surface area contributed by atoms with Crippen LogP contribution < -0.4 is 5.32 Å². The highest BCUT2D eigenvalue weighted by Gasteiger charge is 2.25. The lowest BCUT2D eigenvalue weighted by molar-refractivity contribution is 0.0698. The number of piperidine rings is 1. The number of aromatic nitrogens is 2. The van der Waals surface area contributed by atoms with E-state index in [9.17, 15) is 4.79 Å². The maximum absolute atomic E-state index is 12.8. The fourth-order valence-electron chi connectivity index (χ4n) is 2.83. The van der Waals surface area contributed by atoms with Gasteiger partial charge in [-0.05, 0) is 38.1 Å². The van der Waals surface area contributed by atoms with Crippen molar-refractivity contribution in [3.8, 4) is 5.69 Å². The number of para-hydroxylation sites is 1. The molecule has 1 N–H and O–H groups in total. The first kappa shape index (κ1) is 16.5. The van der Waals surface area contributed by atoms with Crippen LogP contribution in [0, 0.1) is 0 Å². The molecule has 1 aliphatic heterocycles. The van der Waals surface area contributed by atoms with E-state index in [1.807, 2.05) is 48.5 Å². The average Bonchev–Trinajstić information content (AvgIpc) is 3.08. The van der Waals surface area contributed by atoms with Crippen molar-refractivity contribution in [3.05, 3.63) is 48.3 Å². The SMILES string of the molecule is CNC1CCCN(C(=O)c2ccccc2-n2cccn2)C1.Cl. The number of nitrogens with one attached hydrogen (secondary N) is 1. The van der Waals surface area contributed by atoms with Crippen LogP contribution in [0.1, 0.15) is 23.2 Å². The van der Waals surface area contributed by atoms with Crippen molar-refractivity contribution >= 4 is 18.3 Å². The van der Waals surface area contributed by atoms with E-state index in [0.29, 0.717) is 11.6 Å². The lowest BCUT2D eigenvalue weighted by Crippen LogP contribution is -2.47. The van der Waals surface area contributed by atoms with E-state index >= 15 is 0 Å². The molecule has 2 aromatic rings. The molecule has 1 aliphatic rings. The van der Waals surface area contributed by atoms with Crippen LogP contribution in [0.3, 0.4) is 0 Å². The van der Waals surface area contributed by atoms with Crippen molar-refractivity contribution < 1.29 is 4.79 Å². The van der Waals surface area contributed by atoms with Crippen LogP contribution in [0.5, 0.6) is 0 Å². The van der Waals surface area contributed by atoms with Gasteiger partial charge in [-0.25, -0.2) is 4.68 Å². The third-order valence-corrected chi connectivity index (χ3v) is 4.00. The van der Waals surface area contributed by atoms with Crippen LogP contribution in [0.15, 0.2) is 42.7 Å².